The van der Waals surface area contributed by atoms with E-state index in [1.165, 1.54) is 48.5 Å². The van der Waals surface area contributed by atoms with Gasteiger partial charge in [-0.15, -0.1) is 0 Å². The van der Waals surface area contributed by atoms with E-state index in [0.717, 1.165) is 5.56 Å². The highest BCUT2D eigenvalue weighted by Crippen LogP contribution is 2.20. The van der Waals surface area contributed by atoms with Gasteiger partial charge in [-0.05, 0) is 73.2 Å². The third-order valence-electron chi connectivity index (χ3n) is 4.24. The number of hydrogen-bond acceptors (Lipinski definition) is 6. The number of benzene rings is 3. The van der Waals surface area contributed by atoms with E-state index < -0.39 is 26.0 Å². The summed E-state index contributed by atoms with van der Waals surface area (Å²) in [6.07, 6.45) is 0. The van der Waals surface area contributed by atoms with Crippen molar-refractivity contribution in [1.29, 1.82) is 0 Å². The van der Waals surface area contributed by atoms with Gasteiger partial charge in [0.25, 0.3) is 15.9 Å². The molecule has 0 heterocycles. The zero-order chi connectivity index (χ0) is 23.4. The summed E-state index contributed by atoms with van der Waals surface area (Å²) < 4.78 is 55.4. The monoisotopic (exact) mass is 475 g/mol. The van der Waals surface area contributed by atoms with Crippen LogP contribution in [0.1, 0.15) is 5.56 Å². The van der Waals surface area contributed by atoms with Crippen LogP contribution in [0.4, 0.5) is 11.4 Å². The van der Waals surface area contributed by atoms with Gasteiger partial charge < -0.3 is 10.1 Å². The van der Waals surface area contributed by atoms with Gasteiger partial charge in [-0.25, -0.2) is 22.0 Å². The normalized spacial score (nSPS) is 11.6. The van der Waals surface area contributed by atoms with E-state index >= 15 is 0 Å². The number of primary sulfonamides is 1. The molecule has 3 aromatic carbocycles. The Morgan fingerprint density at radius 1 is 0.875 bits per heavy atom. The predicted molar refractivity (Wildman–Crippen MR) is 120 cm³/mol. The summed E-state index contributed by atoms with van der Waals surface area (Å²) in [5.74, 6) is -0.176. The van der Waals surface area contributed by atoms with Crippen LogP contribution in [-0.4, -0.2) is 29.3 Å². The van der Waals surface area contributed by atoms with Crippen molar-refractivity contribution >= 4 is 37.3 Å². The molecule has 11 heteroatoms. The highest BCUT2D eigenvalue weighted by atomic mass is 32.2. The average molecular weight is 476 g/mol. The maximum absolute atomic E-state index is 12.5. The third kappa shape index (κ3) is 6.30. The summed E-state index contributed by atoms with van der Waals surface area (Å²) in [5.41, 5.74) is 1.75. The van der Waals surface area contributed by atoms with E-state index in [1.807, 2.05) is 13.0 Å². The fourth-order valence-corrected chi connectivity index (χ4v) is 4.28. The van der Waals surface area contributed by atoms with E-state index in [1.54, 1.807) is 18.2 Å². The van der Waals surface area contributed by atoms with Crippen molar-refractivity contribution in [3.63, 3.8) is 0 Å². The molecule has 32 heavy (non-hydrogen) atoms. The SMILES string of the molecule is Cc1cccc(NS(=O)(=O)c2ccc(OCC(=O)Nc3ccc(S(N)(=O)=O)cc3)cc2)c1. The second kappa shape index (κ2) is 9.39. The van der Waals surface area contributed by atoms with E-state index in [-0.39, 0.29) is 16.4 Å². The van der Waals surface area contributed by atoms with Crippen molar-refractivity contribution in [3.05, 3.63) is 78.4 Å². The molecule has 0 bridgehead atoms. The molecule has 1 amide bonds. The lowest BCUT2D eigenvalue weighted by Crippen LogP contribution is -2.20. The molecule has 0 spiro atoms. The van der Waals surface area contributed by atoms with Crippen molar-refractivity contribution in [2.75, 3.05) is 16.6 Å². The van der Waals surface area contributed by atoms with Crippen molar-refractivity contribution in [1.82, 2.24) is 0 Å². The first kappa shape index (κ1) is 23.3. The van der Waals surface area contributed by atoms with Crippen molar-refractivity contribution in [3.8, 4) is 5.75 Å². The van der Waals surface area contributed by atoms with Crippen LogP contribution in [0.25, 0.3) is 0 Å². The number of amides is 1. The van der Waals surface area contributed by atoms with Crippen molar-refractivity contribution < 1.29 is 26.4 Å². The van der Waals surface area contributed by atoms with Crippen LogP contribution in [0, 0.1) is 6.92 Å². The fourth-order valence-electron chi connectivity index (χ4n) is 2.71. The molecule has 0 saturated heterocycles. The minimum Gasteiger partial charge on any atom is -0.484 e. The molecule has 3 aromatic rings. The second-order valence-corrected chi connectivity index (χ2v) is 10.1. The summed E-state index contributed by atoms with van der Waals surface area (Å²) in [6, 6.07) is 18.0. The van der Waals surface area contributed by atoms with Gasteiger partial charge in [0.1, 0.15) is 5.75 Å². The summed E-state index contributed by atoms with van der Waals surface area (Å²) >= 11 is 0. The quantitative estimate of drug-likeness (QED) is 0.456. The molecule has 0 aromatic heterocycles. The summed E-state index contributed by atoms with van der Waals surface area (Å²) in [6.45, 7) is 1.53. The molecule has 0 aliphatic heterocycles. The number of nitrogens with one attached hydrogen (secondary N) is 2. The molecule has 0 saturated carbocycles. The van der Waals surface area contributed by atoms with Gasteiger partial charge in [0.15, 0.2) is 6.61 Å². The summed E-state index contributed by atoms with van der Waals surface area (Å²) in [7, 11) is -7.58. The smallest absolute Gasteiger partial charge is 0.262 e. The first-order valence-corrected chi connectivity index (χ1v) is 12.3. The molecule has 0 fully saturated rings. The maximum Gasteiger partial charge on any atom is 0.262 e. The number of sulfonamides is 2. The Morgan fingerprint density at radius 2 is 1.50 bits per heavy atom. The molecule has 0 radical (unpaired) electrons. The summed E-state index contributed by atoms with van der Waals surface area (Å²) in [5, 5.41) is 7.58. The lowest BCUT2D eigenvalue weighted by molar-refractivity contribution is -0.118. The van der Waals surface area contributed by atoms with E-state index in [9.17, 15) is 21.6 Å². The van der Waals surface area contributed by atoms with Crippen LogP contribution in [0.2, 0.25) is 0 Å². The zero-order valence-electron chi connectivity index (χ0n) is 17.0. The molecule has 168 valence electrons. The van der Waals surface area contributed by atoms with Crippen LogP contribution in [0.15, 0.2) is 82.6 Å². The predicted octanol–water partition coefficient (Wildman–Crippen LogP) is 2.46. The van der Waals surface area contributed by atoms with E-state index in [2.05, 4.69) is 10.0 Å². The lowest BCUT2D eigenvalue weighted by atomic mass is 10.2. The van der Waals surface area contributed by atoms with Crippen LogP contribution in [0.3, 0.4) is 0 Å². The molecule has 4 N–H and O–H groups in total. The van der Waals surface area contributed by atoms with Gasteiger partial charge in [-0.3, -0.25) is 9.52 Å². The van der Waals surface area contributed by atoms with E-state index in [0.29, 0.717) is 17.1 Å². The first-order valence-electron chi connectivity index (χ1n) is 9.28. The highest BCUT2D eigenvalue weighted by Gasteiger charge is 2.15. The molecule has 9 nitrogen and oxygen atoms in total. The van der Waals surface area contributed by atoms with Crippen LogP contribution < -0.4 is 19.9 Å². The molecular weight excluding hydrogens is 454 g/mol. The standard InChI is InChI=1S/C21H21N3O6S2/c1-15-3-2-4-17(13-15)24-32(28,29)20-11-7-18(8-12-20)30-14-21(25)23-16-5-9-19(10-6-16)31(22,26)27/h2-13,24H,14H2,1H3,(H,23,25)(H2,22,26,27). The number of carbonyl (C=O) groups is 1. The molecular formula is C21H21N3O6S2. The Balaban J connectivity index is 1.56. The Morgan fingerprint density at radius 3 is 2.09 bits per heavy atom. The van der Waals surface area contributed by atoms with Gasteiger partial charge in [0.2, 0.25) is 10.0 Å². The van der Waals surface area contributed by atoms with Gasteiger partial charge in [-0.2, -0.15) is 0 Å². The molecule has 0 aliphatic carbocycles. The second-order valence-electron chi connectivity index (χ2n) is 6.85. The molecule has 0 unspecified atom stereocenters. The fraction of sp³-hybridized carbons (Fsp3) is 0.0952. The minimum atomic E-state index is -3.81. The number of nitrogens with two attached hydrogens (primary N) is 1. The minimum absolute atomic E-state index is 0.0470. The Bertz CT molecular complexity index is 1320. The number of rotatable bonds is 8. The number of anilines is 2. The zero-order valence-corrected chi connectivity index (χ0v) is 18.6. The van der Waals surface area contributed by atoms with Gasteiger partial charge in [-0.1, -0.05) is 12.1 Å². The highest BCUT2D eigenvalue weighted by molar-refractivity contribution is 7.92. The van der Waals surface area contributed by atoms with E-state index in [4.69, 9.17) is 9.88 Å². The number of aryl methyl sites for hydroxylation is 1. The maximum atomic E-state index is 12.5. The molecule has 0 atom stereocenters. The van der Waals surface area contributed by atoms with Crippen molar-refractivity contribution in [2.24, 2.45) is 5.14 Å². The van der Waals surface area contributed by atoms with Crippen LogP contribution in [-0.2, 0) is 24.8 Å². The van der Waals surface area contributed by atoms with Crippen molar-refractivity contribution in [2.45, 2.75) is 16.7 Å². The number of ether oxygens (including phenoxy) is 1. The van der Waals surface area contributed by atoms with Gasteiger partial charge in [0.05, 0.1) is 9.79 Å². The first-order chi connectivity index (χ1) is 15.0. The van der Waals surface area contributed by atoms with Gasteiger partial charge in [0, 0.05) is 11.4 Å². The molecule has 3 rings (SSSR count). The van der Waals surface area contributed by atoms with Crippen LogP contribution >= 0.6 is 0 Å². The number of hydrogen-bond donors (Lipinski definition) is 3. The van der Waals surface area contributed by atoms with Gasteiger partial charge >= 0.3 is 0 Å². The average Bonchev–Trinajstić information content (AvgIpc) is 2.72. The number of carbonyl (C=O) groups excluding carboxylic acids is 1. The summed E-state index contributed by atoms with van der Waals surface area (Å²) in [4.78, 5) is 12.0. The Hall–Kier alpha value is -3.41. The lowest BCUT2D eigenvalue weighted by Gasteiger charge is -2.10. The molecule has 0 aliphatic rings. The Labute approximate surface area is 186 Å². The topological polar surface area (TPSA) is 145 Å². The largest absolute Gasteiger partial charge is 0.484 e. The third-order valence-corrected chi connectivity index (χ3v) is 6.57. The van der Waals surface area contributed by atoms with Crippen LogP contribution in [0.5, 0.6) is 5.75 Å². The Kier molecular flexibility index (Phi) is 6.82.